The average Bonchev–Trinajstić information content (AvgIpc) is 2.84. The Labute approximate surface area is 126 Å². The number of hydrogen-bond donors (Lipinski definition) is 1. The summed E-state index contributed by atoms with van der Waals surface area (Å²) in [5.74, 6) is 0.214. The van der Waals surface area contributed by atoms with Crippen molar-refractivity contribution in [1.82, 2.24) is 9.88 Å². The molecule has 0 saturated carbocycles. The van der Waals surface area contributed by atoms with E-state index >= 15 is 0 Å². The maximum Gasteiger partial charge on any atom is 0.416 e. The molecule has 0 aromatic carbocycles. The molecule has 0 radical (unpaired) electrons. The lowest BCUT2D eigenvalue weighted by molar-refractivity contribution is -0.137. The second kappa shape index (κ2) is 5.65. The molecule has 1 aromatic heterocycles. The molecule has 2 saturated heterocycles. The first-order chi connectivity index (χ1) is 9.91. The highest BCUT2D eigenvalue weighted by Gasteiger charge is 2.33. The van der Waals surface area contributed by atoms with Gasteiger partial charge in [-0.25, -0.2) is 4.98 Å². The lowest BCUT2D eigenvalue weighted by Crippen LogP contribution is -2.42. The number of rotatable bonds is 2. The highest BCUT2D eigenvalue weighted by Crippen LogP contribution is 2.33. The molecular weight excluding hydrogens is 303 g/mol. The van der Waals surface area contributed by atoms with Crippen molar-refractivity contribution in [2.75, 3.05) is 18.4 Å². The number of anilines is 1. The highest BCUT2D eigenvalue weighted by molar-refractivity contribution is 6.29. The Hall–Kier alpha value is -1.01. The molecule has 1 N–H and O–H groups in total. The van der Waals surface area contributed by atoms with Crippen molar-refractivity contribution in [3.8, 4) is 0 Å². The van der Waals surface area contributed by atoms with E-state index in [2.05, 4.69) is 15.2 Å². The second-order valence-corrected chi connectivity index (χ2v) is 6.15. The van der Waals surface area contributed by atoms with Crippen molar-refractivity contribution in [3.05, 3.63) is 22.8 Å². The van der Waals surface area contributed by atoms with Crippen molar-refractivity contribution in [3.63, 3.8) is 0 Å². The van der Waals surface area contributed by atoms with Gasteiger partial charge in [0, 0.05) is 18.6 Å². The molecule has 2 unspecified atom stereocenters. The molecule has 0 aliphatic carbocycles. The number of fused-ring (bicyclic) bond motifs is 1. The lowest BCUT2D eigenvalue weighted by atomic mass is 9.97. The van der Waals surface area contributed by atoms with Gasteiger partial charge in [0.2, 0.25) is 0 Å². The summed E-state index contributed by atoms with van der Waals surface area (Å²) in [7, 11) is 0. The zero-order chi connectivity index (χ0) is 15.0. The number of aromatic nitrogens is 1. The number of pyridine rings is 1. The smallest absolute Gasteiger partial charge is 0.367 e. The normalized spacial score (nSPS) is 26.7. The molecule has 3 heterocycles. The van der Waals surface area contributed by atoms with Crippen LogP contribution in [0, 0.1) is 0 Å². The van der Waals surface area contributed by atoms with Crippen molar-refractivity contribution >= 4 is 17.4 Å². The molecule has 0 amide bonds. The SMILES string of the molecule is FC(F)(F)c1cc(Cl)nc(NC2CCN3CCCC3C2)c1. The van der Waals surface area contributed by atoms with E-state index in [0.29, 0.717) is 6.04 Å². The van der Waals surface area contributed by atoms with Crippen molar-refractivity contribution in [2.45, 2.75) is 43.9 Å². The van der Waals surface area contributed by atoms with Crippen LogP contribution in [0.1, 0.15) is 31.2 Å². The Morgan fingerprint density at radius 2 is 2.05 bits per heavy atom. The molecule has 2 aliphatic rings. The molecule has 0 bridgehead atoms. The molecule has 2 aliphatic heterocycles. The van der Waals surface area contributed by atoms with Gasteiger partial charge in [-0.1, -0.05) is 11.6 Å². The second-order valence-electron chi connectivity index (χ2n) is 5.76. The van der Waals surface area contributed by atoms with E-state index in [-0.39, 0.29) is 17.0 Å². The van der Waals surface area contributed by atoms with Crippen molar-refractivity contribution in [2.24, 2.45) is 0 Å². The van der Waals surface area contributed by atoms with Gasteiger partial charge < -0.3 is 10.2 Å². The van der Waals surface area contributed by atoms with Crippen LogP contribution in [0.15, 0.2) is 12.1 Å². The molecule has 2 fully saturated rings. The maximum atomic E-state index is 12.8. The molecule has 21 heavy (non-hydrogen) atoms. The van der Waals surface area contributed by atoms with Crippen LogP contribution in [0.4, 0.5) is 19.0 Å². The third-order valence-corrected chi connectivity index (χ3v) is 4.49. The minimum atomic E-state index is -4.40. The van der Waals surface area contributed by atoms with Crippen LogP contribution in [-0.2, 0) is 6.18 Å². The largest absolute Gasteiger partial charge is 0.416 e. The van der Waals surface area contributed by atoms with E-state index in [0.717, 1.165) is 38.1 Å². The summed E-state index contributed by atoms with van der Waals surface area (Å²) in [5.41, 5.74) is -0.761. The highest BCUT2D eigenvalue weighted by atomic mass is 35.5. The zero-order valence-electron chi connectivity index (χ0n) is 11.5. The lowest BCUT2D eigenvalue weighted by Gasteiger charge is -2.35. The van der Waals surface area contributed by atoms with Crippen LogP contribution in [0.5, 0.6) is 0 Å². The first kappa shape index (κ1) is 14.9. The summed E-state index contributed by atoms with van der Waals surface area (Å²) in [4.78, 5) is 6.43. The topological polar surface area (TPSA) is 28.2 Å². The van der Waals surface area contributed by atoms with Gasteiger partial charge in [0.15, 0.2) is 0 Å². The van der Waals surface area contributed by atoms with Crippen molar-refractivity contribution < 1.29 is 13.2 Å². The number of nitrogens with zero attached hydrogens (tertiary/aromatic N) is 2. The summed E-state index contributed by atoms with van der Waals surface area (Å²) in [6.45, 7) is 2.14. The maximum absolute atomic E-state index is 12.8. The van der Waals surface area contributed by atoms with E-state index in [1.54, 1.807) is 0 Å². The molecule has 1 aromatic rings. The monoisotopic (exact) mass is 319 g/mol. The third-order valence-electron chi connectivity index (χ3n) is 4.29. The van der Waals surface area contributed by atoms with Crippen LogP contribution >= 0.6 is 11.6 Å². The number of piperidine rings is 1. The number of halogens is 4. The first-order valence-corrected chi connectivity index (χ1v) is 7.55. The van der Waals surface area contributed by atoms with Gasteiger partial charge in [-0.05, 0) is 44.4 Å². The van der Waals surface area contributed by atoms with Crippen LogP contribution in [0.2, 0.25) is 5.15 Å². The van der Waals surface area contributed by atoms with Gasteiger partial charge >= 0.3 is 6.18 Å². The predicted octanol–water partition coefficient (Wildman–Crippen LogP) is 3.79. The van der Waals surface area contributed by atoms with Crippen molar-refractivity contribution in [1.29, 1.82) is 0 Å². The summed E-state index contributed by atoms with van der Waals surface area (Å²) >= 11 is 5.70. The minimum absolute atomic E-state index is 0.134. The first-order valence-electron chi connectivity index (χ1n) is 7.17. The summed E-state index contributed by atoms with van der Waals surface area (Å²) in [6, 6.07) is 2.60. The summed E-state index contributed by atoms with van der Waals surface area (Å²) < 4.78 is 38.3. The van der Waals surface area contributed by atoms with Gasteiger partial charge in [-0.2, -0.15) is 13.2 Å². The molecular formula is C14H17ClF3N3. The Balaban J connectivity index is 1.71. The van der Waals surface area contributed by atoms with Crippen LogP contribution < -0.4 is 5.32 Å². The number of alkyl halides is 3. The molecule has 3 nitrogen and oxygen atoms in total. The van der Waals surface area contributed by atoms with Gasteiger partial charge in [0.1, 0.15) is 11.0 Å². The fraction of sp³-hybridized carbons (Fsp3) is 0.643. The fourth-order valence-electron chi connectivity index (χ4n) is 3.30. The van der Waals surface area contributed by atoms with Gasteiger partial charge in [0.05, 0.1) is 5.56 Å². The molecule has 7 heteroatoms. The van der Waals surface area contributed by atoms with E-state index in [4.69, 9.17) is 11.6 Å². The molecule has 116 valence electrons. The van der Waals surface area contributed by atoms with Gasteiger partial charge in [-0.3, -0.25) is 0 Å². The minimum Gasteiger partial charge on any atom is -0.367 e. The Kier molecular flexibility index (Phi) is 4.01. The third kappa shape index (κ3) is 3.43. The number of nitrogens with one attached hydrogen (secondary N) is 1. The fourth-order valence-corrected chi connectivity index (χ4v) is 3.51. The number of hydrogen-bond acceptors (Lipinski definition) is 3. The predicted molar refractivity (Wildman–Crippen MR) is 75.5 cm³/mol. The standard InChI is InChI=1S/C14H17ClF3N3/c15-12-6-9(14(16,17)18)7-13(20-12)19-10-3-5-21-4-1-2-11(21)8-10/h6-7,10-11H,1-5,8H2,(H,19,20). The van der Waals surface area contributed by atoms with E-state index in [1.165, 1.54) is 12.8 Å². The van der Waals surface area contributed by atoms with E-state index in [1.807, 2.05) is 0 Å². The van der Waals surface area contributed by atoms with Crippen LogP contribution in [-0.4, -0.2) is 35.1 Å². The zero-order valence-corrected chi connectivity index (χ0v) is 12.2. The van der Waals surface area contributed by atoms with Crippen LogP contribution in [0.3, 0.4) is 0 Å². The van der Waals surface area contributed by atoms with E-state index in [9.17, 15) is 13.2 Å². The molecule has 2 atom stereocenters. The van der Waals surface area contributed by atoms with E-state index < -0.39 is 11.7 Å². The summed E-state index contributed by atoms with van der Waals surface area (Å²) in [6.07, 6.45) is -0.139. The molecule has 3 rings (SSSR count). The molecule has 0 spiro atoms. The van der Waals surface area contributed by atoms with Gasteiger partial charge in [-0.15, -0.1) is 0 Å². The Bertz CT molecular complexity index is 521. The summed E-state index contributed by atoms with van der Waals surface area (Å²) in [5, 5.41) is 2.99. The quantitative estimate of drug-likeness (QED) is 0.841. The average molecular weight is 320 g/mol. The van der Waals surface area contributed by atoms with Crippen LogP contribution in [0.25, 0.3) is 0 Å². The Morgan fingerprint density at radius 1 is 1.24 bits per heavy atom. The Morgan fingerprint density at radius 3 is 2.81 bits per heavy atom. The van der Waals surface area contributed by atoms with Gasteiger partial charge in [0.25, 0.3) is 0 Å².